The van der Waals surface area contributed by atoms with E-state index in [1.807, 2.05) is 6.92 Å². The quantitative estimate of drug-likeness (QED) is 0.680. The molecule has 0 bridgehead atoms. The van der Waals surface area contributed by atoms with Crippen LogP contribution in [0.1, 0.15) is 23.7 Å². The van der Waals surface area contributed by atoms with E-state index in [0.717, 1.165) is 10.9 Å². The van der Waals surface area contributed by atoms with Crippen molar-refractivity contribution in [1.82, 2.24) is 4.90 Å². The van der Waals surface area contributed by atoms with E-state index in [1.165, 1.54) is 19.2 Å². The highest BCUT2D eigenvalue weighted by molar-refractivity contribution is 9.10. The molecule has 29 heavy (non-hydrogen) atoms. The number of morpholine rings is 1. The van der Waals surface area contributed by atoms with Gasteiger partial charge in [0.05, 0.1) is 19.8 Å². The third-order valence-electron chi connectivity index (χ3n) is 4.68. The first-order valence-electron chi connectivity index (χ1n) is 9.21. The summed E-state index contributed by atoms with van der Waals surface area (Å²) in [6.07, 6.45) is 0.802. The van der Waals surface area contributed by atoms with Gasteiger partial charge in [-0.25, -0.2) is 8.42 Å². The lowest BCUT2D eigenvalue weighted by molar-refractivity contribution is -0.0226. The second kappa shape index (κ2) is 9.15. The summed E-state index contributed by atoms with van der Waals surface area (Å²) < 4.78 is 40.1. The van der Waals surface area contributed by atoms with E-state index in [4.69, 9.17) is 9.47 Å². The highest BCUT2D eigenvalue weighted by Crippen LogP contribution is 2.28. The van der Waals surface area contributed by atoms with Gasteiger partial charge in [-0.15, -0.1) is 0 Å². The van der Waals surface area contributed by atoms with Crippen molar-refractivity contribution in [1.29, 1.82) is 0 Å². The molecule has 7 nitrogen and oxygen atoms in total. The zero-order valence-corrected chi connectivity index (χ0v) is 18.6. The molecule has 2 aromatic carbocycles. The Balaban J connectivity index is 1.90. The Morgan fingerprint density at radius 2 is 2.00 bits per heavy atom. The Bertz CT molecular complexity index is 979. The summed E-state index contributed by atoms with van der Waals surface area (Å²) in [5.74, 6) is -0.0610. The van der Waals surface area contributed by atoms with Crippen LogP contribution in [0.15, 0.2) is 51.8 Å². The van der Waals surface area contributed by atoms with Crippen LogP contribution in [0.5, 0.6) is 5.75 Å². The number of carbonyl (C=O) groups excluding carboxylic acids is 1. The van der Waals surface area contributed by atoms with Gasteiger partial charge in [-0.05, 0) is 48.9 Å². The van der Waals surface area contributed by atoms with Crippen molar-refractivity contribution in [2.75, 3.05) is 31.5 Å². The Morgan fingerprint density at radius 3 is 2.66 bits per heavy atom. The number of hydrogen-bond donors (Lipinski definition) is 1. The Labute approximate surface area is 179 Å². The number of rotatable bonds is 6. The molecule has 2 aromatic rings. The van der Waals surface area contributed by atoms with Crippen molar-refractivity contribution < 1.29 is 22.7 Å². The van der Waals surface area contributed by atoms with Crippen LogP contribution in [0, 0.1) is 0 Å². The molecule has 1 amide bonds. The lowest BCUT2D eigenvalue weighted by Gasteiger charge is -2.32. The predicted molar refractivity (Wildman–Crippen MR) is 114 cm³/mol. The fourth-order valence-corrected chi connectivity index (χ4v) is 4.60. The highest BCUT2D eigenvalue weighted by atomic mass is 79.9. The van der Waals surface area contributed by atoms with Gasteiger partial charge in [0.2, 0.25) is 0 Å². The average Bonchev–Trinajstić information content (AvgIpc) is 2.74. The van der Waals surface area contributed by atoms with Crippen molar-refractivity contribution in [2.24, 2.45) is 0 Å². The predicted octanol–water partition coefficient (Wildman–Crippen LogP) is 3.51. The number of halogens is 1. The number of carbonyl (C=O) groups is 1. The largest absolute Gasteiger partial charge is 0.495 e. The molecule has 156 valence electrons. The van der Waals surface area contributed by atoms with Crippen LogP contribution in [0.4, 0.5) is 5.69 Å². The standard InChI is InChI=1S/C20H23BrN2O5S/c1-3-17-13-23(10-11-28-17)20(24)14-4-9-18(27-2)19(12-14)29(25,26)22-16-7-5-15(21)6-8-16/h4-9,12,17,22H,3,10-11,13H2,1-2H3/t17-/m1/s1. The van der Waals surface area contributed by atoms with Gasteiger partial charge < -0.3 is 14.4 Å². The van der Waals surface area contributed by atoms with Gasteiger partial charge in [-0.1, -0.05) is 22.9 Å². The fraction of sp³-hybridized carbons (Fsp3) is 0.350. The van der Waals surface area contributed by atoms with Crippen LogP contribution >= 0.6 is 15.9 Å². The van der Waals surface area contributed by atoms with E-state index in [-0.39, 0.29) is 22.7 Å². The van der Waals surface area contributed by atoms with Gasteiger partial charge in [-0.3, -0.25) is 9.52 Å². The lowest BCUT2D eigenvalue weighted by Crippen LogP contribution is -2.45. The number of amides is 1. The number of benzene rings is 2. The molecule has 1 N–H and O–H groups in total. The molecule has 1 atom stereocenters. The first kappa shape index (κ1) is 21.6. The minimum absolute atomic E-state index is 0.00628. The van der Waals surface area contributed by atoms with Crippen molar-refractivity contribution in [3.05, 3.63) is 52.5 Å². The molecule has 3 rings (SSSR count). The first-order chi connectivity index (χ1) is 13.8. The average molecular weight is 483 g/mol. The van der Waals surface area contributed by atoms with Gasteiger partial charge in [0.1, 0.15) is 10.6 Å². The second-order valence-electron chi connectivity index (χ2n) is 6.63. The van der Waals surface area contributed by atoms with Crippen molar-refractivity contribution in [2.45, 2.75) is 24.3 Å². The molecule has 1 saturated heterocycles. The maximum Gasteiger partial charge on any atom is 0.265 e. The van der Waals surface area contributed by atoms with E-state index >= 15 is 0 Å². The summed E-state index contributed by atoms with van der Waals surface area (Å²) in [5.41, 5.74) is 0.699. The number of anilines is 1. The van der Waals surface area contributed by atoms with E-state index in [0.29, 0.717) is 30.9 Å². The summed E-state index contributed by atoms with van der Waals surface area (Å²) in [6, 6.07) is 11.2. The van der Waals surface area contributed by atoms with E-state index in [2.05, 4.69) is 20.7 Å². The van der Waals surface area contributed by atoms with E-state index < -0.39 is 10.0 Å². The lowest BCUT2D eigenvalue weighted by atomic mass is 10.1. The van der Waals surface area contributed by atoms with Crippen molar-refractivity contribution in [3.8, 4) is 5.75 Å². The molecule has 0 aliphatic carbocycles. The normalized spacial score (nSPS) is 17.1. The van der Waals surface area contributed by atoms with Gasteiger partial charge in [0.25, 0.3) is 15.9 Å². The zero-order chi connectivity index (χ0) is 21.0. The van der Waals surface area contributed by atoms with Crippen LogP contribution < -0.4 is 9.46 Å². The third-order valence-corrected chi connectivity index (χ3v) is 6.61. The van der Waals surface area contributed by atoms with Gasteiger partial charge >= 0.3 is 0 Å². The van der Waals surface area contributed by atoms with Crippen molar-refractivity contribution in [3.63, 3.8) is 0 Å². The summed E-state index contributed by atoms with van der Waals surface area (Å²) in [7, 11) is -2.56. The zero-order valence-electron chi connectivity index (χ0n) is 16.2. The number of nitrogens with zero attached hydrogens (tertiary/aromatic N) is 1. The fourth-order valence-electron chi connectivity index (χ4n) is 3.08. The molecule has 1 aliphatic heterocycles. The maximum absolute atomic E-state index is 13.0. The molecule has 0 saturated carbocycles. The molecule has 0 radical (unpaired) electrons. The number of ether oxygens (including phenoxy) is 2. The number of hydrogen-bond acceptors (Lipinski definition) is 5. The van der Waals surface area contributed by atoms with Gasteiger partial charge in [-0.2, -0.15) is 0 Å². The molecule has 9 heteroatoms. The minimum Gasteiger partial charge on any atom is -0.495 e. The molecule has 0 spiro atoms. The summed E-state index contributed by atoms with van der Waals surface area (Å²) in [5, 5.41) is 0. The minimum atomic E-state index is -3.96. The third kappa shape index (κ3) is 5.09. The summed E-state index contributed by atoms with van der Waals surface area (Å²) in [4.78, 5) is 14.5. The van der Waals surface area contributed by atoms with E-state index in [9.17, 15) is 13.2 Å². The smallest absolute Gasteiger partial charge is 0.265 e. The number of nitrogens with one attached hydrogen (secondary N) is 1. The first-order valence-corrected chi connectivity index (χ1v) is 11.5. The van der Waals surface area contributed by atoms with Crippen LogP contribution in [0.2, 0.25) is 0 Å². The van der Waals surface area contributed by atoms with Crippen molar-refractivity contribution >= 4 is 37.5 Å². The monoisotopic (exact) mass is 482 g/mol. The van der Waals surface area contributed by atoms with Crippen LogP contribution in [0.25, 0.3) is 0 Å². The summed E-state index contributed by atoms with van der Waals surface area (Å²) >= 11 is 3.32. The Hall–Kier alpha value is -2.10. The Kier molecular flexibility index (Phi) is 6.81. The van der Waals surface area contributed by atoms with Gasteiger partial charge in [0.15, 0.2) is 0 Å². The van der Waals surface area contributed by atoms with Gasteiger partial charge in [0, 0.05) is 28.8 Å². The van der Waals surface area contributed by atoms with Crippen LogP contribution in [-0.2, 0) is 14.8 Å². The topological polar surface area (TPSA) is 84.9 Å². The van der Waals surface area contributed by atoms with Crippen LogP contribution in [0.3, 0.4) is 0 Å². The molecular weight excluding hydrogens is 460 g/mol. The Morgan fingerprint density at radius 1 is 1.28 bits per heavy atom. The van der Waals surface area contributed by atoms with E-state index in [1.54, 1.807) is 35.2 Å². The van der Waals surface area contributed by atoms with Crippen LogP contribution in [-0.4, -0.2) is 52.1 Å². The molecule has 1 fully saturated rings. The number of sulfonamides is 1. The molecule has 1 heterocycles. The maximum atomic E-state index is 13.0. The molecular formula is C20H23BrN2O5S. The molecule has 0 unspecified atom stereocenters. The highest BCUT2D eigenvalue weighted by Gasteiger charge is 2.27. The summed E-state index contributed by atoms with van der Waals surface area (Å²) in [6.45, 7) is 3.43. The number of methoxy groups -OCH3 is 1. The SMILES string of the molecule is CC[C@@H]1CN(C(=O)c2ccc(OC)c(S(=O)(=O)Nc3ccc(Br)cc3)c2)CCO1. The second-order valence-corrected chi connectivity index (χ2v) is 9.20. The molecule has 1 aliphatic rings. The molecule has 0 aromatic heterocycles.